The van der Waals surface area contributed by atoms with Crippen molar-refractivity contribution in [2.75, 3.05) is 0 Å². The molecule has 0 amide bonds. The monoisotopic (exact) mass is 332 g/mol. The molecule has 0 aliphatic heterocycles. The zero-order chi connectivity index (χ0) is 17.2. The highest BCUT2D eigenvalue weighted by Gasteiger charge is 2.51. The van der Waals surface area contributed by atoms with E-state index in [-0.39, 0.29) is 12.8 Å². The van der Waals surface area contributed by atoms with Crippen LogP contribution in [0.4, 0.5) is 0 Å². The van der Waals surface area contributed by atoms with Crippen LogP contribution in [0.15, 0.2) is 0 Å². The Labute approximate surface area is 140 Å². The molecule has 0 aromatic rings. The largest absolute Gasteiger partial charge is 0.387 e. The van der Waals surface area contributed by atoms with E-state index in [0.29, 0.717) is 12.8 Å². The maximum absolute atomic E-state index is 9.97. The van der Waals surface area contributed by atoms with Gasteiger partial charge in [-0.25, -0.2) is 0 Å². The first-order valence-electron chi connectivity index (χ1n) is 9.45. The first-order chi connectivity index (χ1) is 10.9. The fraction of sp³-hybridized carbons (Fsp3) is 1.00. The normalized spacial score (nSPS) is 29.3. The Balaban J connectivity index is 2.51. The van der Waals surface area contributed by atoms with Gasteiger partial charge < -0.3 is 25.5 Å². The Morgan fingerprint density at radius 3 is 1.30 bits per heavy atom. The van der Waals surface area contributed by atoms with E-state index in [9.17, 15) is 25.5 Å². The first kappa shape index (κ1) is 20.8. The lowest BCUT2D eigenvalue weighted by Gasteiger charge is -2.38. The van der Waals surface area contributed by atoms with E-state index >= 15 is 0 Å². The van der Waals surface area contributed by atoms with Crippen molar-refractivity contribution in [1.82, 2.24) is 0 Å². The summed E-state index contributed by atoms with van der Waals surface area (Å²) >= 11 is 0. The first-order valence-corrected chi connectivity index (χ1v) is 9.45. The van der Waals surface area contributed by atoms with Crippen LogP contribution in [0.3, 0.4) is 0 Å². The average molecular weight is 332 g/mol. The third-order valence-corrected chi connectivity index (χ3v) is 5.06. The molecule has 1 rings (SSSR count). The van der Waals surface area contributed by atoms with Crippen LogP contribution in [0, 0.1) is 0 Å². The second-order valence-electron chi connectivity index (χ2n) is 7.19. The van der Waals surface area contributed by atoms with Gasteiger partial charge in [0.2, 0.25) is 11.6 Å². The highest BCUT2D eigenvalue weighted by Crippen LogP contribution is 2.29. The Kier molecular flexibility index (Phi) is 9.63. The van der Waals surface area contributed by atoms with Gasteiger partial charge in [0.15, 0.2) is 0 Å². The molecule has 1 saturated carbocycles. The van der Waals surface area contributed by atoms with Crippen molar-refractivity contribution < 1.29 is 25.5 Å². The summed E-state index contributed by atoms with van der Waals surface area (Å²) in [6.07, 6.45) is 12.1. The fourth-order valence-electron chi connectivity index (χ4n) is 3.31. The van der Waals surface area contributed by atoms with Gasteiger partial charge in [0.25, 0.3) is 0 Å². The average Bonchev–Trinajstić information content (AvgIpc) is 2.49. The van der Waals surface area contributed by atoms with Gasteiger partial charge in [0.05, 0.1) is 0 Å². The summed E-state index contributed by atoms with van der Waals surface area (Å²) in [5.41, 5.74) is 0. The number of rotatable bonds is 0. The molecular weight excluding hydrogens is 296 g/mol. The van der Waals surface area contributed by atoms with Gasteiger partial charge in [-0.2, -0.15) is 0 Å². The Bertz CT molecular complexity index is 304. The molecule has 5 heteroatoms. The van der Waals surface area contributed by atoms with Crippen LogP contribution in [-0.2, 0) is 0 Å². The molecule has 0 aromatic carbocycles. The van der Waals surface area contributed by atoms with Crippen LogP contribution in [0.25, 0.3) is 0 Å². The number of aliphatic hydroxyl groups excluding tert-OH is 1. The zero-order valence-corrected chi connectivity index (χ0v) is 14.4. The predicted octanol–water partition coefficient (Wildman–Crippen LogP) is 2.57. The van der Waals surface area contributed by atoms with Crippen LogP contribution in [0.1, 0.15) is 96.3 Å². The van der Waals surface area contributed by atoms with Crippen LogP contribution < -0.4 is 0 Å². The highest BCUT2D eigenvalue weighted by atomic mass is 16.6. The van der Waals surface area contributed by atoms with Crippen molar-refractivity contribution in [1.29, 1.82) is 0 Å². The van der Waals surface area contributed by atoms with E-state index in [1.807, 2.05) is 0 Å². The third-order valence-electron chi connectivity index (χ3n) is 5.06. The molecule has 0 heterocycles. The Morgan fingerprint density at radius 1 is 0.522 bits per heavy atom. The molecule has 5 nitrogen and oxygen atoms in total. The summed E-state index contributed by atoms with van der Waals surface area (Å²) in [5, 5.41) is 49.8. The van der Waals surface area contributed by atoms with Gasteiger partial charge >= 0.3 is 0 Å². The lowest BCUT2D eigenvalue weighted by Crippen LogP contribution is -2.61. The lowest BCUT2D eigenvalue weighted by atomic mass is 9.91. The van der Waals surface area contributed by atoms with E-state index in [4.69, 9.17) is 0 Å². The maximum atomic E-state index is 9.97. The van der Waals surface area contributed by atoms with E-state index in [2.05, 4.69) is 0 Å². The summed E-state index contributed by atoms with van der Waals surface area (Å²) in [7, 11) is 0. The minimum absolute atomic E-state index is 0.142. The lowest BCUT2D eigenvalue weighted by molar-refractivity contribution is -0.386. The molecule has 138 valence electrons. The minimum atomic E-state index is -2.88. The van der Waals surface area contributed by atoms with Gasteiger partial charge in [-0.15, -0.1) is 0 Å². The van der Waals surface area contributed by atoms with Gasteiger partial charge in [0, 0.05) is 6.42 Å². The highest BCUT2D eigenvalue weighted by molar-refractivity contribution is 4.88. The molecule has 0 saturated heterocycles. The van der Waals surface area contributed by atoms with Gasteiger partial charge in [-0.1, -0.05) is 77.0 Å². The summed E-state index contributed by atoms with van der Waals surface area (Å²) in [6, 6.07) is 0. The Hall–Kier alpha value is -0.200. The van der Waals surface area contributed by atoms with Crippen molar-refractivity contribution in [3.8, 4) is 0 Å². The van der Waals surface area contributed by atoms with E-state index < -0.39 is 17.7 Å². The molecule has 0 aromatic heterocycles. The molecule has 1 aliphatic carbocycles. The Morgan fingerprint density at radius 2 is 0.870 bits per heavy atom. The predicted molar refractivity (Wildman–Crippen MR) is 89.6 cm³/mol. The minimum Gasteiger partial charge on any atom is -0.387 e. The molecule has 0 bridgehead atoms. The van der Waals surface area contributed by atoms with Crippen molar-refractivity contribution in [3.63, 3.8) is 0 Å². The van der Waals surface area contributed by atoms with E-state index in [0.717, 1.165) is 32.1 Å². The van der Waals surface area contributed by atoms with E-state index in [1.165, 1.54) is 38.5 Å². The van der Waals surface area contributed by atoms with Gasteiger partial charge in [-0.05, 0) is 12.8 Å². The van der Waals surface area contributed by atoms with Crippen molar-refractivity contribution in [3.05, 3.63) is 0 Å². The molecule has 0 radical (unpaired) electrons. The molecule has 23 heavy (non-hydrogen) atoms. The number of hydrogen-bond acceptors (Lipinski definition) is 5. The topological polar surface area (TPSA) is 101 Å². The second-order valence-corrected chi connectivity index (χ2v) is 7.19. The van der Waals surface area contributed by atoms with E-state index in [1.54, 1.807) is 0 Å². The van der Waals surface area contributed by atoms with Crippen LogP contribution >= 0.6 is 0 Å². The van der Waals surface area contributed by atoms with Crippen LogP contribution in [0.2, 0.25) is 0 Å². The smallest absolute Gasteiger partial charge is 0.245 e. The fourth-order valence-corrected chi connectivity index (χ4v) is 3.31. The molecule has 1 fully saturated rings. The van der Waals surface area contributed by atoms with Gasteiger partial charge in [-0.3, -0.25) is 0 Å². The molecule has 1 atom stereocenters. The van der Waals surface area contributed by atoms with Gasteiger partial charge in [0.1, 0.15) is 6.10 Å². The second kappa shape index (κ2) is 10.6. The molecule has 1 aliphatic rings. The standard InChI is InChI=1S/C18H36O5/c19-16-14-12-10-8-6-4-2-1-3-5-7-9-11-13-15-17(20,21)18(16,22)23/h16,19-23H,1-15H2. The summed E-state index contributed by atoms with van der Waals surface area (Å²) in [4.78, 5) is 0. The van der Waals surface area contributed by atoms with Crippen LogP contribution in [-0.4, -0.2) is 43.2 Å². The summed E-state index contributed by atoms with van der Waals surface area (Å²) in [5.74, 6) is -5.55. The van der Waals surface area contributed by atoms with Crippen molar-refractivity contribution in [2.45, 2.75) is 114 Å². The number of hydrogen-bond donors (Lipinski definition) is 5. The molecule has 5 N–H and O–H groups in total. The number of aliphatic hydroxyl groups is 5. The van der Waals surface area contributed by atoms with Crippen molar-refractivity contribution >= 4 is 0 Å². The zero-order valence-electron chi connectivity index (χ0n) is 14.4. The molecule has 1 unspecified atom stereocenters. The van der Waals surface area contributed by atoms with Crippen molar-refractivity contribution in [2.24, 2.45) is 0 Å². The summed E-state index contributed by atoms with van der Waals surface area (Å²) < 4.78 is 0. The van der Waals surface area contributed by atoms with Crippen LogP contribution in [0.5, 0.6) is 0 Å². The summed E-state index contributed by atoms with van der Waals surface area (Å²) in [6.45, 7) is 0. The maximum Gasteiger partial charge on any atom is 0.245 e. The third kappa shape index (κ3) is 7.48. The molecular formula is C18H36O5. The SMILES string of the molecule is OC1CCCCCCCCCCCCCCCC(O)(O)C1(O)O. The molecule has 0 spiro atoms. The quantitative estimate of drug-likeness (QED) is 0.439.